The Bertz CT molecular complexity index is 845. The van der Waals surface area contributed by atoms with Gasteiger partial charge in [-0.3, -0.25) is 14.9 Å². The van der Waals surface area contributed by atoms with Crippen molar-refractivity contribution in [3.63, 3.8) is 0 Å². The number of rotatable bonds is 10. The summed E-state index contributed by atoms with van der Waals surface area (Å²) in [6.45, 7) is 7.92. The standard InChI is InChI=1S/C25H36N2O5S2/c1-5-31-23(29)20(12-11-19-9-7-6-8-10-19)26-18(4)22(28)27-16-25(33-13-14-34-25)15-21(27)24(30)32-17(2)3/h6-10,17-18,20-21,26H,5,11-16H2,1-4H3/t18-,20-,21-/m0/s1. The molecule has 2 heterocycles. The maximum absolute atomic E-state index is 13.6. The summed E-state index contributed by atoms with van der Waals surface area (Å²) in [5.74, 6) is 1.11. The van der Waals surface area contributed by atoms with E-state index in [1.54, 1.807) is 18.7 Å². The first-order valence-electron chi connectivity index (χ1n) is 12.0. The second kappa shape index (κ2) is 12.3. The van der Waals surface area contributed by atoms with Crippen molar-refractivity contribution in [1.82, 2.24) is 10.2 Å². The van der Waals surface area contributed by atoms with Gasteiger partial charge in [-0.25, -0.2) is 4.79 Å². The zero-order valence-corrected chi connectivity index (χ0v) is 22.1. The lowest BCUT2D eigenvalue weighted by atomic mass is 10.0. The first kappa shape index (κ1) is 26.9. The Morgan fingerprint density at radius 2 is 1.82 bits per heavy atom. The van der Waals surface area contributed by atoms with Crippen LogP contribution < -0.4 is 5.32 Å². The number of thioether (sulfide) groups is 2. The van der Waals surface area contributed by atoms with Crippen LogP contribution in [0, 0.1) is 0 Å². The average molecular weight is 509 g/mol. The number of aryl methyl sites for hydroxylation is 1. The number of likely N-dealkylation sites (tertiary alicyclic amines) is 1. The highest BCUT2D eigenvalue weighted by molar-refractivity contribution is 8.21. The molecule has 2 saturated heterocycles. The van der Waals surface area contributed by atoms with E-state index in [1.165, 1.54) is 0 Å². The molecule has 0 aromatic heterocycles. The topological polar surface area (TPSA) is 84.9 Å². The molecular weight excluding hydrogens is 472 g/mol. The van der Waals surface area contributed by atoms with E-state index in [1.807, 2.05) is 67.7 Å². The summed E-state index contributed by atoms with van der Waals surface area (Å²) in [5.41, 5.74) is 1.12. The molecule has 0 saturated carbocycles. The number of nitrogens with one attached hydrogen (secondary N) is 1. The molecule has 2 aliphatic rings. The minimum atomic E-state index is -0.647. The van der Waals surface area contributed by atoms with Crippen molar-refractivity contribution in [2.75, 3.05) is 24.7 Å². The molecule has 1 aromatic rings. The van der Waals surface area contributed by atoms with Crippen LogP contribution in [0.5, 0.6) is 0 Å². The molecule has 2 fully saturated rings. The molecule has 0 radical (unpaired) electrons. The highest BCUT2D eigenvalue weighted by atomic mass is 32.2. The Morgan fingerprint density at radius 1 is 1.15 bits per heavy atom. The van der Waals surface area contributed by atoms with Gasteiger partial charge in [-0.1, -0.05) is 30.3 Å². The van der Waals surface area contributed by atoms with Gasteiger partial charge < -0.3 is 14.4 Å². The largest absolute Gasteiger partial charge is 0.465 e. The minimum Gasteiger partial charge on any atom is -0.465 e. The average Bonchev–Trinajstić information content (AvgIpc) is 3.43. The number of carbonyl (C=O) groups is 3. The number of esters is 2. The molecule has 9 heteroatoms. The van der Waals surface area contributed by atoms with Gasteiger partial charge in [0.1, 0.15) is 12.1 Å². The summed E-state index contributed by atoms with van der Waals surface area (Å²) >= 11 is 3.65. The van der Waals surface area contributed by atoms with Crippen LogP contribution in [0.15, 0.2) is 30.3 Å². The van der Waals surface area contributed by atoms with Gasteiger partial charge in [0.15, 0.2) is 0 Å². The summed E-state index contributed by atoms with van der Waals surface area (Å²) in [6, 6.07) is 8.04. The smallest absolute Gasteiger partial charge is 0.329 e. The Kier molecular flexibility index (Phi) is 9.74. The number of benzene rings is 1. The molecule has 34 heavy (non-hydrogen) atoms. The maximum Gasteiger partial charge on any atom is 0.329 e. The SMILES string of the molecule is CCOC(=O)[C@H](CCc1ccccc1)N[C@@H](C)C(=O)N1CC2(C[C@H]1C(=O)OC(C)C)SCCS2. The van der Waals surface area contributed by atoms with E-state index in [-0.39, 0.29) is 34.6 Å². The predicted molar refractivity (Wildman–Crippen MR) is 137 cm³/mol. The van der Waals surface area contributed by atoms with Gasteiger partial charge in [-0.05, 0) is 46.1 Å². The van der Waals surface area contributed by atoms with Gasteiger partial charge in [-0.2, -0.15) is 0 Å². The number of hydrogen-bond acceptors (Lipinski definition) is 8. The zero-order valence-electron chi connectivity index (χ0n) is 20.5. The fraction of sp³-hybridized carbons (Fsp3) is 0.640. The third-order valence-electron chi connectivity index (χ3n) is 5.97. The molecule has 0 bridgehead atoms. The van der Waals surface area contributed by atoms with Crippen LogP contribution in [0.2, 0.25) is 0 Å². The van der Waals surface area contributed by atoms with Gasteiger partial charge in [0.05, 0.1) is 22.8 Å². The highest BCUT2D eigenvalue weighted by Gasteiger charge is 2.52. The van der Waals surface area contributed by atoms with Crippen molar-refractivity contribution in [3.05, 3.63) is 35.9 Å². The van der Waals surface area contributed by atoms with Crippen molar-refractivity contribution in [2.24, 2.45) is 0 Å². The molecule has 3 rings (SSSR count). The summed E-state index contributed by atoms with van der Waals surface area (Å²) in [4.78, 5) is 40.8. The lowest BCUT2D eigenvalue weighted by molar-refractivity contribution is -0.157. The van der Waals surface area contributed by atoms with E-state index < -0.39 is 18.1 Å². The van der Waals surface area contributed by atoms with Crippen LogP contribution in [-0.4, -0.2) is 75.7 Å². The summed E-state index contributed by atoms with van der Waals surface area (Å²) in [6.07, 6.45) is 1.53. The normalized spacial score (nSPS) is 21.0. The Morgan fingerprint density at radius 3 is 2.44 bits per heavy atom. The molecule has 7 nitrogen and oxygen atoms in total. The van der Waals surface area contributed by atoms with E-state index in [9.17, 15) is 14.4 Å². The third-order valence-corrected chi connectivity index (χ3v) is 9.40. The molecule has 188 valence electrons. The van der Waals surface area contributed by atoms with E-state index in [4.69, 9.17) is 9.47 Å². The number of hydrogen-bond donors (Lipinski definition) is 1. The molecule has 1 N–H and O–H groups in total. The maximum atomic E-state index is 13.6. The van der Waals surface area contributed by atoms with Crippen molar-refractivity contribution in [2.45, 2.75) is 75.3 Å². The highest BCUT2D eigenvalue weighted by Crippen LogP contribution is 2.52. The lowest BCUT2D eigenvalue weighted by Gasteiger charge is -2.29. The van der Waals surface area contributed by atoms with E-state index in [0.29, 0.717) is 25.8 Å². The predicted octanol–water partition coefficient (Wildman–Crippen LogP) is 3.26. The van der Waals surface area contributed by atoms with Crippen LogP contribution in [0.3, 0.4) is 0 Å². The minimum absolute atomic E-state index is 0.163. The van der Waals surface area contributed by atoms with Gasteiger partial charge in [-0.15, -0.1) is 23.5 Å². The molecule has 1 spiro atoms. The van der Waals surface area contributed by atoms with E-state index in [0.717, 1.165) is 17.1 Å². The molecule has 3 atom stereocenters. The second-order valence-electron chi connectivity index (χ2n) is 9.00. The Balaban J connectivity index is 1.71. The quantitative estimate of drug-likeness (QED) is 0.482. The number of carbonyl (C=O) groups excluding carboxylic acids is 3. The molecule has 0 unspecified atom stereocenters. The lowest BCUT2D eigenvalue weighted by Crippen LogP contribution is -2.53. The van der Waals surface area contributed by atoms with Gasteiger partial charge in [0.2, 0.25) is 5.91 Å². The van der Waals surface area contributed by atoms with Crippen LogP contribution >= 0.6 is 23.5 Å². The molecule has 0 aliphatic carbocycles. The van der Waals surface area contributed by atoms with Crippen LogP contribution in [0.25, 0.3) is 0 Å². The first-order chi connectivity index (χ1) is 16.2. The van der Waals surface area contributed by atoms with Crippen molar-refractivity contribution >= 4 is 41.4 Å². The van der Waals surface area contributed by atoms with E-state index >= 15 is 0 Å². The molecule has 1 amide bonds. The summed E-state index contributed by atoms with van der Waals surface area (Å²) in [7, 11) is 0. The van der Waals surface area contributed by atoms with Crippen LogP contribution in [0.4, 0.5) is 0 Å². The van der Waals surface area contributed by atoms with Gasteiger partial charge >= 0.3 is 11.9 Å². The summed E-state index contributed by atoms with van der Waals surface area (Å²) < 4.78 is 10.6. The third kappa shape index (κ3) is 6.92. The van der Waals surface area contributed by atoms with E-state index in [2.05, 4.69) is 5.32 Å². The number of amides is 1. The van der Waals surface area contributed by atoms with Crippen LogP contribution in [-0.2, 0) is 30.3 Å². The number of nitrogens with zero attached hydrogens (tertiary/aromatic N) is 1. The first-order valence-corrected chi connectivity index (χ1v) is 14.0. The van der Waals surface area contributed by atoms with Crippen LogP contribution in [0.1, 0.15) is 46.1 Å². The summed E-state index contributed by atoms with van der Waals surface area (Å²) in [5, 5.41) is 3.20. The zero-order chi connectivity index (χ0) is 24.7. The van der Waals surface area contributed by atoms with Gasteiger partial charge in [0.25, 0.3) is 0 Å². The fourth-order valence-corrected chi connectivity index (χ4v) is 7.64. The van der Waals surface area contributed by atoms with Crippen molar-refractivity contribution in [1.29, 1.82) is 0 Å². The molecule has 1 aromatic carbocycles. The molecular formula is C25H36N2O5S2. The van der Waals surface area contributed by atoms with Gasteiger partial charge in [0, 0.05) is 24.5 Å². The monoisotopic (exact) mass is 508 g/mol. The Hall–Kier alpha value is -1.71. The fourth-order valence-electron chi connectivity index (χ4n) is 4.39. The second-order valence-corrected chi connectivity index (χ2v) is 12.2. The van der Waals surface area contributed by atoms with Crippen molar-refractivity contribution in [3.8, 4) is 0 Å². The van der Waals surface area contributed by atoms with Crippen molar-refractivity contribution < 1.29 is 23.9 Å². The molecule has 2 aliphatic heterocycles. The Labute approximate surface area is 211 Å². The number of ether oxygens (including phenoxy) is 2.